The highest BCUT2D eigenvalue weighted by Crippen LogP contribution is 2.03. The van der Waals surface area contributed by atoms with E-state index < -0.39 is 0 Å². The maximum atomic E-state index is 11.3. The quantitative estimate of drug-likeness (QED) is 0.720. The first kappa shape index (κ1) is 13.5. The van der Waals surface area contributed by atoms with Crippen LogP contribution in [0.4, 0.5) is 4.79 Å². The van der Waals surface area contributed by atoms with Gasteiger partial charge >= 0.3 is 6.03 Å². The van der Waals surface area contributed by atoms with Crippen molar-refractivity contribution < 1.29 is 9.90 Å². The van der Waals surface area contributed by atoms with Crippen LogP contribution in [-0.2, 0) is 6.42 Å². The lowest BCUT2D eigenvalue weighted by Crippen LogP contribution is -2.42. The Morgan fingerprint density at radius 3 is 2.88 bits per heavy atom. The lowest BCUT2D eigenvalue weighted by atomic mass is 10.1. The molecule has 4 heteroatoms. The van der Waals surface area contributed by atoms with Gasteiger partial charge in [0.15, 0.2) is 0 Å². The van der Waals surface area contributed by atoms with E-state index in [1.807, 2.05) is 25.1 Å². The Kier molecular flexibility index (Phi) is 5.49. The van der Waals surface area contributed by atoms with E-state index in [9.17, 15) is 4.79 Å². The van der Waals surface area contributed by atoms with Crippen LogP contribution in [0.3, 0.4) is 0 Å². The number of benzene rings is 1. The number of aliphatic hydroxyl groups is 1. The Hall–Kier alpha value is -1.55. The molecule has 0 aromatic heterocycles. The standard InChI is InChI=1S/C13H20N2O2/c1-10-4-3-5-12(8-10)6-7-14-13(17)15-11(2)9-16/h3-5,8,11,16H,6-7,9H2,1-2H3,(H2,14,15,17)/t11-/m0/s1. The second-order valence-electron chi connectivity index (χ2n) is 4.22. The summed E-state index contributed by atoms with van der Waals surface area (Å²) < 4.78 is 0. The van der Waals surface area contributed by atoms with Crippen molar-refractivity contribution in [2.45, 2.75) is 26.3 Å². The average molecular weight is 236 g/mol. The lowest BCUT2D eigenvalue weighted by molar-refractivity contribution is 0.220. The highest BCUT2D eigenvalue weighted by Gasteiger charge is 2.04. The molecule has 94 valence electrons. The number of hydrogen-bond donors (Lipinski definition) is 3. The van der Waals surface area contributed by atoms with Crippen molar-refractivity contribution in [3.05, 3.63) is 35.4 Å². The fraction of sp³-hybridized carbons (Fsp3) is 0.462. The molecule has 0 saturated carbocycles. The number of amides is 2. The second-order valence-corrected chi connectivity index (χ2v) is 4.22. The van der Waals surface area contributed by atoms with Crippen molar-refractivity contribution in [1.82, 2.24) is 10.6 Å². The van der Waals surface area contributed by atoms with E-state index in [2.05, 4.69) is 16.7 Å². The maximum absolute atomic E-state index is 11.3. The Morgan fingerprint density at radius 1 is 1.47 bits per heavy atom. The molecule has 1 atom stereocenters. The fourth-order valence-electron chi connectivity index (χ4n) is 1.51. The molecule has 17 heavy (non-hydrogen) atoms. The van der Waals surface area contributed by atoms with Gasteiger partial charge in [-0.25, -0.2) is 4.79 Å². The van der Waals surface area contributed by atoms with Gasteiger partial charge in [0.05, 0.1) is 12.6 Å². The van der Waals surface area contributed by atoms with Gasteiger partial charge in [0, 0.05) is 6.54 Å². The predicted molar refractivity (Wildman–Crippen MR) is 68.0 cm³/mol. The minimum Gasteiger partial charge on any atom is -0.394 e. The predicted octanol–water partition coefficient (Wildman–Crippen LogP) is 1.22. The summed E-state index contributed by atoms with van der Waals surface area (Å²) in [4.78, 5) is 11.3. The molecule has 3 N–H and O–H groups in total. The van der Waals surface area contributed by atoms with E-state index in [-0.39, 0.29) is 18.7 Å². The third kappa shape index (κ3) is 5.36. The first-order chi connectivity index (χ1) is 8.11. The molecule has 0 saturated heterocycles. The highest BCUT2D eigenvalue weighted by molar-refractivity contribution is 5.74. The molecule has 1 aromatic carbocycles. The number of urea groups is 1. The van der Waals surface area contributed by atoms with Crippen LogP contribution in [0.2, 0.25) is 0 Å². The van der Waals surface area contributed by atoms with Gasteiger partial charge in [0.2, 0.25) is 0 Å². The summed E-state index contributed by atoms with van der Waals surface area (Å²) in [7, 11) is 0. The SMILES string of the molecule is Cc1cccc(CCNC(=O)N[C@@H](C)CO)c1. The van der Waals surface area contributed by atoms with E-state index >= 15 is 0 Å². The van der Waals surface area contributed by atoms with Gasteiger partial charge in [0.25, 0.3) is 0 Å². The van der Waals surface area contributed by atoms with Crippen LogP contribution >= 0.6 is 0 Å². The summed E-state index contributed by atoms with van der Waals surface area (Å²) in [6.07, 6.45) is 0.808. The van der Waals surface area contributed by atoms with Crippen LogP contribution in [-0.4, -0.2) is 30.3 Å². The first-order valence-electron chi connectivity index (χ1n) is 5.82. The Balaban J connectivity index is 2.26. The number of carbonyl (C=O) groups is 1. The largest absolute Gasteiger partial charge is 0.394 e. The van der Waals surface area contributed by atoms with Gasteiger partial charge in [0.1, 0.15) is 0 Å². The molecule has 4 nitrogen and oxygen atoms in total. The molecule has 0 unspecified atom stereocenters. The highest BCUT2D eigenvalue weighted by atomic mass is 16.3. The Bertz CT molecular complexity index is 366. The Morgan fingerprint density at radius 2 is 2.24 bits per heavy atom. The zero-order chi connectivity index (χ0) is 12.7. The number of nitrogens with one attached hydrogen (secondary N) is 2. The topological polar surface area (TPSA) is 61.4 Å². The smallest absolute Gasteiger partial charge is 0.315 e. The lowest BCUT2D eigenvalue weighted by Gasteiger charge is -2.11. The van der Waals surface area contributed by atoms with Crippen LogP contribution in [0.15, 0.2) is 24.3 Å². The summed E-state index contributed by atoms with van der Waals surface area (Å²) in [6.45, 7) is 4.34. The van der Waals surface area contributed by atoms with E-state index in [0.717, 1.165) is 6.42 Å². The molecule has 0 heterocycles. The van der Waals surface area contributed by atoms with Crippen molar-refractivity contribution >= 4 is 6.03 Å². The zero-order valence-electron chi connectivity index (χ0n) is 10.4. The second kappa shape index (κ2) is 6.91. The number of rotatable bonds is 5. The summed E-state index contributed by atoms with van der Waals surface area (Å²) in [6, 6.07) is 7.76. The van der Waals surface area contributed by atoms with Crippen molar-refractivity contribution in [2.75, 3.05) is 13.2 Å². The van der Waals surface area contributed by atoms with E-state index in [1.165, 1.54) is 11.1 Å². The van der Waals surface area contributed by atoms with Gasteiger partial charge in [-0.15, -0.1) is 0 Å². The molecule has 0 aliphatic heterocycles. The summed E-state index contributed by atoms with van der Waals surface area (Å²) in [5.74, 6) is 0. The number of aliphatic hydroxyl groups excluding tert-OH is 1. The molecule has 0 fully saturated rings. The molecule has 0 aliphatic rings. The number of aryl methyl sites for hydroxylation is 1. The Labute approximate surface area is 102 Å². The molecule has 0 bridgehead atoms. The van der Waals surface area contributed by atoms with Crippen molar-refractivity contribution in [3.63, 3.8) is 0 Å². The van der Waals surface area contributed by atoms with Gasteiger partial charge in [-0.1, -0.05) is 29.8 Å². The van der Waals surface area contributed by atoms with Crippen LogP contribution in [0, 0.1) is 6.92 Å². The fourth-order valence-corrected chi connectivity index (χ4v) is 1.51. The summed E-state index contributed by atoms with van der Waals surface area (Å²) in [5.41, 5.74) is 2.43. The third-order valence-corrected chi connectivity index (χ3v) is 2.43. The van der Waals surface area contributed by atoms with Crippen LogP contribution in [0.1, 0.15) is 18.1 Å². The van der Waals surface area contributed by atoms with Gasteiger partial charge in [-0.2, -0.15) is 0 Å². The summed E-state index contributed by atoms with van der Waals surface area (Å²) >= 11 is 0. The third-order valence-electron chi connectivity index (χ3n) is 2.43. The van der Waals surface area contributed by atoms with E-state index in [0.29, 0.717) is 6.54 Å². The molecular weight excluding hydrogens is 216 g/mol. The average Bonchev–Trinajstić information content (AvgIpc) is 2.29. The van der Waals surface area contributed by atoms with Crippen LogP contribution in [0.25, 0.3) is 0 Å². The molecule has 2 amide bonds. The molecular formula is C13H20N2O2. The zero-order valence-corrected chi connectivity index (χ0v) is 10.4. The van der Waals surface area contributed by atoms with Gasteiger partial charge in [-0.05, 0) is 25.8 Å². The van der Waals surface area contributed by atoms with Gasteiger partial charge < -0.3 is 15.7 Å². The van der Waals surface area contributed by atoms with E-state index in [1.54, 1.807) is 6.92 Å². The minimum atomic E-state index is -0.237. The van der Waals surface area contributed by atoms with Crippen molar-refractivity contribution in [3.8, 4) is 0 Å². The van der Waals surface area contributed by atoms with Crippen molar-refractivity contribution in [2.24, 2.45) is 0 Å². The van der Waals surface area contributed by atoms with Crippen LogP contribution in [0.5, 0.6) is 0 Å². The molecule has 1 aromatic rings. The molecule has 1 rings (SSSR count). The summed E-state index contributed by atoms with van der Waals surface area (Å²) in [5, 5.41) is 14.2. The maximum Gasteiger partial charge on any atom is 0.315 e. The van der Waals surface area contributed by atoms with Gasteiger partial charge in [-0.3, -0.25) is 0 Å². The molecule has 0 aliphatic carbocycles. The van der Waals surface area contributed by atoms with Crippen LogP contribution < -0.4 is 10.6 Å². The monoisotopic (exact) mass is 236 g/mol. The first-order valence-corrected chi connectivity index (χ1v) is 5.82. The minimum absolute atomic E-state index is 0.0503. The van der Waals surface area contributed by atoms with Crippen molar-refractivity contribution in [1.29, 1.82) is 0 Å². The molecule has 0 radical (unpaired) electrons. The number of hydrogen-bond acceptors (Lipinski definition) is 2. The van der Waals surface area contributed by atoms with E-state index in [4.69, 9.17) is 5.11 Å². The normalized spacial score (nSPS) is 11.9. The molecule has 0 spiro atoms. The number of carbonyl (C=O) groups excluding carboxylic acids is 1.